The molecule has 0 bridgehead atoms. The SMILES string of the molecule is O=C(/C=C/c1ccc(C(F)(F)F)cc1)OCc1nc(-c2cccs2)no1. The van der Waals surface area contributed by atoms with Gasteiger partial charge in [0.05, 0.1) is 10.4 Å². The van der Waals surface area contributed by atoms with E-state index in [-0.39, 0.29) is 12.5 Å². The summed E-state index contributed by atoms with van der Waals surface area (Å²) in [5.74, 6) is -0.128. The minimum Gasteiger partial charge on any atom is -0.452 e. The molecule has 0 aliphatic heterocycles. The van der Waals surface area contributed by atoms with E-state index < -0.39 is 17.7 Å². The molecule has 26 heavy (non-hydrogen) atoms. The number of thiophene rings is 1. The molecule has 0 saturated carbocycles. The Balaban J connectivity index is 1.53. The highest BCUT2D eigenvalue weighted by atomic mass is 32.1. The molecule has 3 rings (SSSR count). The molecule has 0 atom stereocenters. The number of rotatable bonds is 5. The van der Waals surface area contributed by atoms with Crippen molar-refractivity contribution in [3.63, 3.8) is 0 Å². The Bertz CT molecular complexity index is 900. The molecule has 1 aromatic carbocycles. The molecule has 0 fully saturated rings. The van der Waals surface area contributed by atoms with Crippen molar-refractivity contribution in [3.05, 3.63) is 64.9 Å². The molecule has 0 radical (unpaired) electrons. The number of carbonyl (C=O) groups excluding carboxylic acids is 1. The van der Waals surface area contributed by atoms with Gasteiger partial charge in [0, 0.05) is 6.08 Å². The predicted octanol–water partition coefficient (Wildman–Crippen LogP) is 4.57. The second-order valence-corrected chi connectivity index (χ2v) is 6.00. The fourth-order valence-electron chi connectivity index (χ4n) is 1.95. The maximum absolute atomic E-state index is 12.5. The van der Waals surface area contributed by atoms with Crippen LogP contribution in [0.4, 0.5) is 13.2 Å². The zero-order valence-corrected chi connectivity index (χ0v) is 13.9. The van der Waals surface area contributed by atoms with Crippen LogP contribution in [0.1, 0.15) is 17.0 Å². The van der Waals surface area contributed by atoms with Crippen LogP contribution >= 0.6 is 11.3 Å². The van der Waals surface area contributed by atoms with Gasteiger partial charge in [0.15, 0.2) is 6.61 Å². The summed E-state index contributed by atoms with van der Waals surface area (Å²) in [5.41, 5.74) is -0.317. The van der Waals surface area contributed by atoms with Crippen LogP contribution in [0.15, 0.2) is 52.4 Å². The lowest BCUT2D eigenvalue weighted by molar-refractivity contribution is -0.140. The van der Waals surface area contributed by atoms with E-state index in [2.05, 4.69) is 10.1 Å². The first-order valence-electron chi connectivity index (χ1n) is 7.30. The number of aromatic nitrogens is 2. The Labute approximate surface area is 149 Å². The number of esters is 1. The highest BCUT2D eigenvalue weighted by molar-refractivity contribution is 7.13. The summed E-state index contributed by atoms with van der Waals surface area (Å²) < 4.78 is 47.4. The monoisotopic (exact) mass is 380 g/mol. The molecule has 0 aliphatic carbocycles. The van der Waals surface area contributed by atoms with Crippen molar-refractivity contribution >= 4 is 23.4 Å². The molecule has 0 saturated heterocycles. The van der Waals surface area contributed by atoms with Crippen molar-refractivity contribution in [2.75, 3.05) is 0 Å². The third-order valence-corrected chi connectivity index (χ3v) is 4.06. The maximum Gasteiger partial charge on any atom is 0.416 e. The number of halogens is 3. The number of nitrogens with zero attached hydrogens (tertiary/aromatic N) is 2. The molecule has 3 aromatic rings. The first kappa shape index (κ1) is 17.9. The van der Waals surface area contributed by atoms with Gasteiger partial charge in [-0.05, 0) is 35.2 Å². The first-order valence-corrected chi connectivity index (χ1v) is 8.18. The Kier molecular flexibility index (Phi) is 5.17. The summed E-state index contributed by atoms with van der Waals surface area (Å²) >= 11 is 1.45. The summed E-state index contributed by atoms with van der Waals surface area (Å²) in [6.07, 6.45) is -1.93. The van der Waals surface area contributed by atoms with E-state index in [9.17, 15) is 18.0 Å². The fourth-order valence-corrected chi connectivity index (χ4v) is 2.60. The Morgan fingerprint density at radius 1 is 1.23 bits per heavy atom. The van der Waals surface area contributed by atoms with Crippen molar-refractivity contribution in [3.8, 4) is 10.7 Å². The van der Waals surface area contributed by atoms with Crippen LogP contribution in [-0.4, -0.2) is 16.1 Å². The lowest BCUT2D eigenvalue weighted by atomic mass is 10.1. The van der Waals surface area contributed by atoms with Crippen LogP contribution in [0.3, 0.4) is 0 Å². The van der Waals surface area contributed by atoms with Gasteiger partial charge in [-0.25, -0.2) is 4.79 Å². The van der Waals surface area contributed by atoms with E-state index in [0.717, 1.165) is 23.1 Å². The van der Waals surface area contributed by atoms with Crippen LogP contribution in [0, 0.1) is 0 Å². The third kappa shape index (κ3) is 4.57. The molecule has 0 amide bonds. The molecule has 0 unspecified atom stereocenters. The van der Waals surface area contributed by atoms with Gasteiger partial charge in [0.25, 0.3) is 5.89 Å². The molecule has 0 N–H and O–H groups in total. The summed E-state index contributed by atoms with van der Waals surface area (Å²) in [5, 5.41) is 5.65. The van der Waals surface area contributed by atoms with Gasteiger partial charge < -0.3 is 9.26 Å². The standard InChI is InChI=1S/C17H11F3N2O3S/c18-17(19,20)12-6-3-11(4-7-12)5-8-15(23)24-10-14-21-16(22-25-14)13-2-1-9-26-13/h1-9H,10H2/b8-5+. The Morgan fingerprint density at radius 3 is 2.65 bits per heavy atom. The van der Waals surface area contributed by atoms with E-state index in [1.165, 1.54) is 29.5 Å². The second kappa shape index (κ2) is 7.52. The molecule has 9 heteroatoms. The van der Waals surface area contributed by atoms with Crippen molar-refractivity contribution in [1.29, 1.82) is 0 Å². The summed E-state index contributed by atoms with van der Waals surface area (Å²) in [6.45, 7) is -0.200. The fraction of sp³-hybridized carbons (Fsp3) is 0.118. The lowest BCUT2D eigenvalue weighted by Crippen LogP contribution is -2.04. The number of carbonyl (C=O) groups is 1. The smallest absolute Gasteiger partial charge is 0.416 e. The maximum atomic E-state index is 12.5. The average Bonchev–Trinajstić information content (AvgIpc) is 3.29. The van der Waals surface area contributed by atoms with E-state index in [0.29, 0.717) is 11.4 Å². The van der Waals surface area contributed by atoms with Gasteiger partial charge in [-0.1, -0.05) is 23.4 Å². The summed E-state index contributed by atoms with van der Waals surface area (Å²) in [4.78, 5) is 16.6. The van der Waals surface area contributed by atoms with E-state index in [4.69, 9.17) is 9.26 Å². The number of hydrogen-bond acceptors (Lipinski definition) is 6. The first-order chi connectivity index (χ1) is 12.4. The summed E-state index contributed by atoms with van der Waals surface area (Å²) in [6, 6.07) is 8.08. The topological polar surface area (TPSA) is 65.2 Å². The van der Waals surface area contributed by atoms with Crippen LogP contribution in [-0.2, 0) is 22.3 Å². The Hall–Kier alpha value is -2.94. The van der Waals surface area contributed by atoms with Crippen molar-refractivity contribution in [2.24, 2.45) is 0 Å². The number of benzene rings is 1. The van der Waals surface area contributed by atoms with Gasteiger partial charge >= 0.3 is 12.1 Å². The predicted molar refractivity (Wildman–Crippen MR) is 87.9 cm³/mol. The molecular formula is C17H11F3N2O3S. The molecule has 5 nitrogen and oxygen atoms in total. The summed E-state index contributed by atoms with van der Waals surface area (Å²) in [7, 11) is 0. The van der Waals surface area contributed by atoms with Crippen LogP contribution in [0.5, 0.6) is 0 Å². The van der Waals surface area contributed by atoms with Gasteiger partial charge in [0.1, 0.15) is 0 Å². The minimum absolute atomic E-state index is 0.143. The van der Waals surface area contributed by atoms with Crippen molar-refractivity contribution < 1.29 is 27.2 Å². The van der Waals surface area contributed by atoms with Gasteiger partial charge in [-0.2, -0.15) is 18.2 Å². The average molecular weight is 380 g/mol. The number of ether oxygens (including phenoxy) is 1. The molecule has 0 aliphatic rings. The van der Waals surface area contributed by atoms with Crippen LogP contribution < -0.4 is 0 Å². The van der Waals surface area contributed by atoms with Crippen molar-refractivity contribution in [1.82, 2.24) is 10.1 Å². The Morgan fingerprint density at radius 2 is 2.00 bits per heavy atom. The minimum atomic E-state index is -4.40. The molecule has 0 spiro atoms. The lowest BCUT2D eigenvalue weighted by Gasteiger charge is -2.05. The van der Waals surface area contributed by atoms with Crippen LogP contribution in [0.2, 0.25) is 0 Å². The molecule has 134 valence electrons. The van der Waals surface area contributed by atoms with Gasteiger partial charge in [0.2, 0.25) is 5.82 Å². The number of hydrogen-bond donors (Lipinski definition) is 0. The molecule has 2 heterocycles. The van der Waals surface area contributed by atoms with E-state index in [1.807, 2.05) is 17.5 Å². The van der Waals surface area contributed by atoms with E-state index in [1.54, 1.807) is 0 Å². The van der Waals surface area contributed by atoms with Crippen molar-refractivity contribution in [2.45, 2.75) is 12.8 Å². The normalized spacial score (nSPS) is 11.8. The largest absolute Gasteiger partial charge is 0.452 e. The zero-order valence-electron chi connectivity index (χ0n) is 13.1. The number of alkyl halides is 3. The molecule has 2 aromatic heterocycles. The highest BCUT2D eigenvalue weighted by Gasteiger charge is 2.29. The second-order valence-electron chi connectivity index (χ2n) is 5.05. The quantitative estimate of drug-likeness (QED) is 0.479. The van der Waals surface area contributed by atoms with Gasteiger partial charge in [-0.3, -0.25) is 0 Å². The molecular weight excluding hydrogens is 369 g/mol. The van der Waals surface area contributed by atoms with Crippen LogP contribution in [0.25, 0.3) is 16.8 Å². The zero-order chi connectivity index (χ0) is 18.6. The third-order valence-electron chi connectivity index (χ3n) is 3.20. The highest BCUT2D eigenvalue weighted by Crippen LogP contribution is 2.29. The van der Waals surface area contributed by atoms with Gasteiger partial charge in [-0.15, -0.1) is 11.3 Å². The van der Waals surface area contributed by atoms with E-state index >= 15 is 0 Å².